The van der Waals surface area contributed by atoms with Gasteiger partial charge in [-0.3, -0.25) is 4.79 Å². The van der Waals surface area contributed by atoms with Crippen LogP contribution in [0.3, 0.4) is 0 Å². The average Bonchev–Trinajstić information content (AvgIpc) is 2.80. The second kappa shape index (κ2) is 9.73. The van der Waals surface area contributed by atoms with Crippen molar-refractivity contribution in [1.29, 1.82) is 0 Å². The van der Waals surface area contributed by atoms with Gasteiger partial charge in [-0.05, 0) is 48.9 Å². The van der Waals surface area contributed by atoms with Crippen LogP contribution in [-0.4, -0.2) is 29.5 Å². The Hall–Kier alpha value is -2.91. The normalized spacial score (nSPS) is 18.9. The summed E-state index contributed by atoms with van der Waals surface area (Å²) in [6, 6.07) is 28.6. The van der Waals surface area contributed by atoms with Crippen molar-refractivity contribution < 1.29 is 9.53 Å². The van der Waals surface area contributed by atoms with Gasteiger partial charge in [-0.15, -0.1) is 0 Å². The predicted molar refractivity (Wildman–Crippen MR) is 121 cm³/mol. The summed E-state index contributed by atoms with van der Waals surface area (Å²) in [4.78, 5) is 15.8. The van der Waals surface area contributed by atoms with Crippen molar-refractivity contribution >= 4 is 5.91 Å². The van der Waals surface area contributed by atoms with E-state index >= 15 is 0 Å². The molecular formula is C27H29NO2. The molecule has 4 rings (SSSR count). The standard InChI is InChI=1S/C27H29NO2/c1-21-11-10-16-24(20-30-19-22-12-4-2-5-13-22)28(21)27(29)26-18-9-8-17-25(26)23-14-6-3-7-15-23/h2-9,12-15,17-18,21,24H,10-11,16,19-20H2,1H3. The van der Waals surface area contributed by atoms with Gasteiger partial charge in [0.1, 0.15) is 0 Å². The molecule has 1 fully saturated rings. The molecule has 0 aliphatic carbocycles. The molecule has 154 valence electrons. The fraction of sp³-hybridized carbons (Fsp3) is 0.296. The number of hydrogen-bond acceptors (Lipinski definition) is 2. The molecule has 1 heterocycles. The minimum absolute atomic E-state index is 0.105. The van der Waals surface area contributed by atoms with E-state index in [1.54, 1.807) is 0 Å². The van der Waals surface area contributed by atoms with Crippen LogP contribution in [0.1, 0.15) is 42.1 Å². The highest BCUT2D eigenvalue weighted by molar-refractivity contribution is 6.01. The van der Waals surface area contributed by atoms with Crippen molar-refractivity contribution in [1.82, 2.24) is 4.90 Å². The third-order valence-electron chi connectivity index (χ3n) is 5.93. The van der Waals surface area contributed by atoms with E-state index in [2.05, 4.69) is 36.1 Å². The highest BCUT2D eigenvalue weighted by Gasteiger charge is 2.33. The fourth-order valence-electron chi connectivity index (χ4n) is 4.38. The Morgan fingerprint density at radius 3 is 2.33 bits per heavy atom. The molecule has 0 spiro atoms. The summed E-state index contributed by atoms with van der Waals surface area (Å²) in [6.07, 6.45) is 3.15. The minimum Gasteiger partial charge on any atom is -0.375 e. The number of nitrogens with zero attached hydrogens (tertiary/aromatic N) is 1. The largest absolute Gasteiger partial charge is 0.375 e. The molecule has 0 saturated carbocycles. The molecule has 0 aromatic heterocycles. The monoisotopic (exact) mass is 399 g/mol. The number of likely N-dealkylation sites (tertiary alicyclic amines) is 1. The molecule has 0 N–H and O–H groups in total. The number of rotatable bonds is 6. The van der Waals surface area contributed by atoms with Crippen LogP contribution in [0.4, 0.5) is 0 Å². The van der Waals surface area contributed by atoms with Crippen LogP contribution in [0.2, 0.25) is 0 Å². The first-order chi connectivity index (χ1) is 14.7. The van der Waals surface area contributed by atoms with Crippen molar-refractivity contribution in [3.63, 3.8) is 0 Å². The Kier molecular flexibility index (Phi) is 6.60. The minimum atomic E-state index is 0.105. The molecule has 0 bridgehead atoms. The number of amides is 1. The smallest absolute Gasteiger partial charge is 0.255 e. The van der Waals surface area contributed by atoms with Crippen molar-refractivity contribution in [2.24, 2.45) is 0 Å². The zero-order valence-corrected chi connectivity index (χ0v) is 17.5. The molecule has 3 aromatic carbocycles. The lowest BCUT2D eigenvalue weighted by molar-refractivity contribution is 0.0117. The van der Waals surface area contributed by atoms with Gasteiger partial charge in [0.05, 0.1) is 19.3 Å². The van der Waals surface area contributed by atoms with E-state index in [1.807, 2.05) is 60.7 Å². The Balaban J connectivity index is 1.54. The molecule has 1 aliphatic rings. The van der Waals surface area contributed by atoms with Gasteiger partial charge >= 0.3 is 0 Å². The molecular weight excluding hydrogens is 370 g/mol. The molecule has 1 saturated heterocycles. The van der Waals surface area contributed by atoms with Gasteiger partial charge < -0.3 is 9.64 Å². The van der Waals surface area contributed by atoms with E-state index in [0.717, 1.165) is 41.5 Å². The SMILES string of the molecule is CC1CCCC(COCc2ccccc2)N1C(=O)c1ccccc1-c1ccccc1. The van der Waals surface area contributed by atoms with E-state index in [4.69, 9.17) is 4.74 Å². The van der Waals surface area contributed by atoms with E-state index in [9.17, 15) is 4.79 Å². The summed E-state index contributed by atoms with van der Waals surface area (Å²) in [7, 11) is 0. The highest BCUT2D eigenvalue weighted by Crippen LogP contribution is 2.30. The first-order valence-electron chi connectivity index (χ1n) is 10.8. The molecule has 3 nitrogen and oxygen atoms in total. The zero-order chi connectivity index (χ0) is 20.8. The third kappa shape index (κ3) is 4.63. The third-order valence-corrected chi connectivity index (χ3v) is 5.93. The maximum atomic E-state index is 13.7. The second-order valence-corrected chi connectivity index (χ2v) is 8.06. The maximum Gasteiger partial charge on any atom is 0.255 e. The number of carbonyl (C=O) groups excluding carboxylic acids is 1. The van der Waals surface area contributed by atoms with Gasteiger partial charge in [0.2, 0.25) is 0 Å². The highest BCUT2D eigenvalue weighted by atomic mass is 16.5. The summed E-state index contributed by atoms with van der Waals surface area (Å²) in [5.41, 5.74) is 3.99. The number of benzene rings is 3. The van der Waals surface area contributed by atoms with E-state index in [0.29, 0.717) is 13.2 Å². The zero-order valence-electron chi connectivity index (χ0n) is 17.5. The van der Waals surface area contributed by atoms with Crippen molar-refractivity contribution in [2.75, 3.05) is 6.61 Å². The summed E-state index contributed by atoms with van der Waals surface area (Å²) in [5, 5.41) is 0. The lowest BCUT2D eigenvalue weighted by Crippen LogP contribution is -2.50. The van der Waals surface area contributed by atoms with Gasteiger partial charge in [-0.25, -0.2) is 0 Å². The number of ether oxygens (including phenoxy) is 1. The predicted octanol–water partition coefficient (Wildman–Crippen LogP) is 5.95. The fourth-order valence-corrected chi connectivity index (χ4v) is 4.38. The molecule has 30 heavy (non-hydrogen) atoms. The lowest BCUT2D eigenvalue weighted by Gasteiger charge is -2.41. The second-order valence-electron chi connectivity index (χ2n) is 8.06. The Bertz CT molecular complexity index is 955. The Morgan fingerprint density at radius 1 is 0.900 bits per heavy atom. The molecule has 0 radical (unpaired) electrons. The summed E-state index contributed by atoms with van der Waals surface area (Å²) < 4.78 is 6.04. The van der Waals surface area contributed by atoms with Gasteiger partial charge in [0, 0.05) is 11.6 Å². The first-order valence-corrected chi connectivity index (χ1v) is 10.8. The van der Waals surface area contributed by atoms with Crippen molar-refractivity contribution in [3.8, 4) is 11.1 Å². The summed E-state index contributed by atoms with van der Waals surface area (Å²) in [6.45, 7) is 3.30. The summed E-state index contributed by atoms with van der Waals surface area (Å²) >= 11 is 0. The van der Waals surface area contributed by atoms with E-state index < -0.39 is 0 Å². The van der Waals surface area contributed by atoms with E-state index in [1.165, 1.54) is 0 Å². The van der Waals surface area contributed by atoms with Crippen LogP contribution in [0, 0.1) is 0 Å². The Morgan fingerprint density at radius 2 is 1.57 bits per heavy atom. The number of carbonyl (C=O) groups is 1. The molecule has 1 amide bonds. The molecule has 1 aliphatic heterocycles. The van der Waals surface area contributed by atoms with Gasteiger partial charge in [0.15, 0.2) is 0 Å². The topological polar surface area (TPSA) is 29.5 Å². The quantitative estimate of drug-likeness (QED) is 0.512. The van der Waals surface area contributed by atoms with Crippen LogP contribution in [0.15, 0.2) is 84.9 Å². The first kappa shape index (κ1) is 20.4. The van der Waals surface area contributed by atoms with Crippen molar-refractivity contribution in [2.45, 2.75) is 44.9 Å². The number of piperidine rings is 1. The lowest BCUT2D eigenvalue weighted by atomic mass is 9.93. The van der Waals surface area contributed by atoms with Gasteiger partial charge in [-0.1, -0.05) is 78.9 Å². The van der Waals surface area contributed by atoms with Crippen LogP contribution in [0.5, 0.6) is 0 Å². The molecule has 2 unspecified atom stereocenters. The van der Waals surface area contributed by atoms with Crippen LogP contribution in [-0.2, 0) is 11.3 Å². The van der Waals surface area contributed by atoms with Gasteiger partial charge in [0.25, 0.3) is 5.91 Å². The summed E-state index contributed by atoms with van der Waals surface area (Å²) in [5.74, 6) is 0.106. The maximum absolute atomic E-state index is 13.7. The van der Waals surface area contributed by atoms with Crippen LogP contribution >= 0.6 is 0 Å². The molecule has 3 heteroatoms. The van der Waals surface area contributed by atoms with E-state index in [-0.39, 0.29) is 18.0 Å². The molecule has 2 atom stereocenters. The van der Waals surface area contributed by atoms with Crippen LogP contribution in [0.25, 0.3) is 11.1 Å². The number of hydrogen-bond donors (Lipinski definition) is 0. The van der Waals surface area contributed by atoms with Crippen molar-refractivity contribution in [3.05, 3.63) is 96.1 Å². The average molecular weight is 400 g/mol. The van der Waals surface area contributed by atoms with Gasteiger partial charge in [-0.2, -0.15) is 0 Å². The Labute approximate surface area is 179 Å². The molecule has 3 aromatic rings. The van der Waals surface area contributed by atoms with Crippen LogP contribution < -0.4 is 0 Å².